The Hall–Kier alpha value is -0.160. The van der Waals surface area contributed by atoms with Crippen LogP contribution < -0.4 is 0 Å². The van der Waals surface area contributed by atoms with Gasteiger partial charge in [0.15, 0.2) is 6.29 Å². The zero-order valence-electron chi connectivity index (χ0n) is 16.6. The van der Waals surface area contributed by atoms with Gasteiger partial charge in [0, 0.05) is 24.7 Å². The summed E-state index contributed by atoms with van der Waals surface area (Å²) in [5.41, 5.74) is -2.23. The maximum Gasteiger partial charge on any atom is 0.161 e. The van der Waals surface area contributed by atoms with Gasteiger partial charge in [0.1, 0.15) is 0 Å². The minimum atomic E-state index is -0.829. The Labute approximate surface area is 152 Å². The van der Waals surface area contributed by atoms with Crippen LogP contribution in [0.1, 0.15) is 86.0 Å². The molecule has 0 aromatic carbocycles. The van der Waals surface area contributed by atoms with Gasteiger partial charge in [0.25, 0.3) is 0 Å². The second kappa shape index (κ2) is 4.81. The zero-order chi connectivity index (χ0) is 18.5. The second-order valence-electron chi connectivity index (χ2n) is 12.1. The molecular weight excluding hydrogens is 316 g/mol. The van der Waals surface area contributed by atoms with E-state index in [1.807, 2.05) is 0 Å². The van der Waals surface area contributed by atoms with Crippen LogP contribution in [0.2, 0.25) is 0 Å². The van der Waals surface area contributed by atoms with Crippen molar-refractivity contribution < 1.29 is 20.1 Å². The molecule has 0 aromatic rings. The first-order valence-electron chi connectivity index (χ1n) is 10.0. The Morgan fingerprint density at radius 3 is 1.88 bits per heavy atom. The van der Waals surface area contributed by atoms with Crippen LogP contribution in [-0.2, 0) is 4.74 Å². The number of hydrogen-bond acceptors (Lipinski definition) is 4. The fraction of sp³-hybridized carbons (Fsp3) is 1.00. The van der Waals surface area contributed by atoms with Crippen molar-refractivity contribution in [3.05, 3.63) is 0 Å². The maximum absolute atomic E-state index is 11.2. The first-order valence-corrected chi connectivity index (χ1v) is 10.0. The molecule has 0 aliphatic heterocycles. The Balaban J connectivity index is 1.57. The molecule has 3 N–H and O–H groups in total. The van der Waals surface area contributed by atoms with Gasteiger partial charge in [-0.25, -0.2) is 0 Å². The number of hydrogen-bond donors (Lipinski definition) is 3. The largest absolute Gasteiger partial charge is 0.390 e. The van der Waals surface area contributed by atoms with Crippen molar-refractivity contribution in [3.8, 4) is 0 Å². The van der Waals surface area contributed by atoms with E-state index in [1.165, 1.54) is 0 Å². The summed E-state index contributed by atoms with van der Waals surface area (Å²) < 4.78 is 6.43. The quantitative estimate of drug-likeness (QED) is 0.679. The molecule has 4 bridgehead atoms. The summed E-state index contributed by atoms with van der Waals surface area (Å²) in [5.74, 6) is 0.309. The SMILES string of the molecule is CC(C)(C)CC1(C(O)OC23CC4CC(O)(CC(O)(C4)C2)C3)CC1(C)C. The van der Waals surface area contributed by atoms with Gasteiger partial charge in [0.05, 0.1) is 16.8 Å². The lowest BCUT2D eigenvalue weighted by atomic mass is 9.50. The molecule has 144 valence electrons. The second-order valence-corrected chi connectivity index (χ2v) is 12.1. The van der Waals surface area contributed by atoms with E-state index in [-0.39, 0.29) is 16.2 Å². The Bertz CT molecular complexity index is 559. The summed E-state index contributed by atoms with van der Waals surface area (Å²) >= 11 is 0. The molecule has 25 heavy (non-hydrogen) atoms. The predicted molar refractivity (Wildman–Crippen MR) is 95.8 cm³/mol. The summed E-state index contributed by atoms with van der Waals surface area (Å²) in [4.78, 5) is 0. The number of aliphatic hydroxyl groups excluding tert-OH is 1. The van der Waals surface area contributed by atoms with E-state index in [9.17, 15) is 15.3 Å². The molecule has 4 nitrogen and oxygen atoms in total. The van der Waals surface area contributed by atoms with E-state index in [0.29, 0.717) is 25.2 Å². The summed E-state index contributed by atoms with van der Waals surface area (Å²) in [6.45, 7) is 11.1. The predicted octanol–water partition coefficient (Wildman–Crippen LogP) is 3.37. The molecule has 0 aromatic heterocycles. The molecule has 5 aliphatic carbocycles. The van der Waals surface area contributed by atoms with Crippen LogP contribution in [0.3, 0.4) is 0 Å². The Kier molecular flexibility index (Phi) is 3.51. The van der Waals surface area contributed by atoms with Crippen molar-refractivity contribution in [3.63, 3.8) is 0 Å². The van der Waals surface area contributed by atoms with Crippen LogP contribution in [0.4, 0.5) is 0 Å². The van der Waals surface area contributed by atoms with Gasteiger partial charge in [0.2, 0.25) is 0 Å². The fourth-order valence-electron chi connectivity index (χ4n) is 7.23. The van der Waals surface area contributed by atoms with Crippen molar-refractivity contribution in [2.24, 2.45) is 22.2 Å². The van der Waals surface area contributed by atoms with Crippen molar-refractivity contribution in [2.75, 3.05) is 0 Å². The smallest absolute Gasteiger partial charge is 0.161 e. The third-order valence-electron chi connectivity index (χ3n) is 7.62. The van der Waals surface area contributed by atoms with Crippen molar-refractivity contribution >= 4 is 0 Å². The van der Waals surface area contributed by atoms with Crippen LogP contribution in [0.25, 0.3) is 0 Å². The molecule has 4 unspecified atom stereocenters. The molecule has 0 spiro atoms. The average Bonchev–Trinajstić information content (AvgIpc) is 2.83. The lowest BCUT2D eigenvalue weighted by molar-refractivity contribution is -0.315. The van der Waals surface area contributed by atoms with Gasteiger partial charge < -0.3 is 20.1 Å². The highest BCUT2D eigenvalue weighted by Crippen LogP contribution is 2.71. The maximum atomic E-state index is 11.2. The molecular formula is C21H36O4. The van der Waals surface area contributed by atoms with Crippen LogP contribution in [0.5, 0.6) is 0 Å². The average molecular weight is 353 g/mol. The standard InChI is InChI=1S/C21H36O4/c1-16(2,3)9-21(10-17(21,4)5)15(22)25-20-8-14-6-18(23,12-20)11-19(24,7-14)13-20/h14-15,22-24H,6-13H2,1-5H3. The highest BCUT2D eigenvalue weighted by Gasteiger charge is 2.69. The van der Waals surface area contributed by atoms with E-state index in [2.05, 4.69) is 34.6 Å². The molecule has 0 radical (unpaired) electrons. The van der Waals surface area contributed by atoms with Gasteiger partial charge in [-0.2, -0.15) is 0 Å². The minimum Gasteiger partial charge on any atom is -0.390 e. The third kappa shape index (κ3) is 2.88. The molecule has 5 rings (SSSR count). The molecule has 0 heterocycles. The lowest BCUT2D eigenvalue weighted by Crippen LogP contribution is -2.67. The minimum absolute atomic E-state index is 0.0653. The Morgan fingerprint density at radius 2 is 1.48 bits per heavy atom. The summed E-state index contributed by atoms with van der Waals surface area (Å²) in [6.07, 6.45) is 5.05. The molecule has 5 saturated carbocycles. The van der Waals surface area contributed by atoms with Gasteiger partial charge in [-0.15, -0.1) is 0 Å². The van der Waals surface area contributed by atoms with Crippen LogP contribution in [-0.4, -0.2) is 38.4 Å². The number of rotatable bonds is 4. The third-order valence-corrected chi connectivity index (χ3v) is 7.62. The van der Waals surface area contributed by atoms with Gasteiger partial charge in [-0.1, -0.05) is 34.6 Å². The van der Waals surface area contributed by atoms with Crippen molar-refractivity contribution in [1.82, 2.24) is 0 Å². The molecule has 4 heteroatoms. The van der Waals surface area contributed by atoms with Crippen LogP contribution >= 0.6 is 0 Å². The molecule has 5 fully saturated rings. The van der Waals surface area contributed by atoms with E-state index >= 15 is 0 Å². The van der Waals surface area contributed by atoms with E-state index in [1.54, 1.807) is 0 Å². The van der Waals surface area contributed by atoms with Gasteiger partial charge >= 0.3 is 0 Å². The molecule has 0 saturated heterocycles. The molecule has 4 atom stereocenters. The van der Waals surface area contributed by atoms with Gasteiger partial charge in [-0.3, -0.25) is 0 Å². The fourth-order valence-corrected chi connectivity index (χ4v) is 7.23. The van der Waals surface area contributed by atoms with Crippen LogP contribution in [0, 0.1) is 22.2 Å². The summed E-state index contributed by atoms with van der Waals surface area (Å²) in [6, 6.07) is 0. The first-order chi connectivity index (χ1) is 11.2. The highest BCUT2D eigenvalue weighted by molar-refractivity contribution is 5.18. The van der Waals surface area contributed by atoms with Gasteiger partial charge in [-0.05, 0) is 48.9 Å². The number of aliphatic hydroxyl groups is 3. The van der Waals surface area contributed by atoms with Crippen LogP contribution in [0.15, 0.2) is 0 Å². The lowest BCUT2D eigenvalue weighted by Gasteiger charge is -2.63. The molecule has 5 aliphatic rings. The summed E-state index contributed by atoms with van der Waals surface area (Å²) in [5, 5.41) is 33.0. The monoisotopic (exact) mass is 352 g/mol. The first kappa shape index (κ1) is 18.2. The van der Waals surface area contributed by atoms with E-state index in [0.717, 1.165) is 32.1 Å². The van der Waals surface area contributed by atoms with Crippen molar-refractivity contribution in [2.45, 2.75) is 109 Å². The summed E-state index contributed by atoms with van der Waals surface area (Å²) in [7, 11) is 0. The normalized spacial score (nSPS) is 51.6. The zero-order valence-corrected chi connectivity index (χ0v) is 16.6. The van der Waals surface area contributed by atoms with E-state index in [4.69, 9.17) is 4.74 Å². The van der Waals surface area contributed by atoms with Crippen molar-refractivity contribution in [1.29, 1.82) is 0 Å². The highest BCUT2D eigenvalue weighted by atomic mass is 16.6. The molecule has 0 amide bonds. The topological polar surface area (TPSA) is 69.9 Å². The number of ether oxygens (including phenoxy) is 1. The Morgan fingerprint density at radius 1 is 0.960 bits per heavy atom. The van der Waals surface area contributed by atoms with E-state index < -0.39 is 23.1 Å².